The first-order valence-corrected chi connectivity index (χ1v) is 8.48. The van der Waals surface area contributed by atoms with E-state index in [1.54, 1.807) is 0 Å². The molecule has 0 unspecified atom stereocenters. The highest BCUT2D eigenvalue weighted by atomic mass is 16.5. The first-order valence-electron chi connectivity index (χ1n) is 8.48. The number of amides is 1. The van der Waals surface area contributed by atoms with Gasteiger partial charge in [0.15, 0.2) is 5.58 Å². The summed E-state index contributed by atoms with van der Waals surface area (Å²) in [7, 11) is 0. The Kier molecular flexibility index (Phi) is 5.26. The summed E-state index contributed by atoms with van der Waals surface area (Å²) in [5.74, 6) is -0.0900. The molecule has 1 amide bonds. The van der Waals surface area contributed by atoms with Crippen molar-refractivity contribution < 1.29 is 9.32 Å². The molecule has 1 aromatic heterocycles. The van der Waals surface area contributed by atoms with Gasteiger partial charge in [0.05, 0.1) is 6.42 Å². The standard InChI is InChI=1S/C20H22N2O2/c1-2-3-4-7-15-10-12-16(13-11-15)21-20(23)14-18-17-8-5-6-9-19(17)24-22-18/h5-6,8-13H,2-4,7,14H2,1H3,(H,21,23). The van der Waals surface area contributed by atoms with Gasteiger partial charge in [-0.1, -0.05) is 49.2 Å². The second-order valence-corrected chi connectivity index (χ2v) is 6.00. The van der Waals surface area contributed by atoms with Gasteiger partial charge in [0, 0.05) is 11.1 Å². The first kappa shape index (κ1) is 16.2. The number of carbonyl (C=O) groups is 1. The van der Waals surface area contributed by atoms with E-state index in [2.05, 4.69) is 29.5 Å². The molecule has 4 nitrogen and oxygen atoms in total. The van der Waals surface area contributed by atoms with Gasteiger partial charge in [0.1, 0.15) is 5.69 Å². The Morgan fingerprint density at radius 1 is 1.08 bits per heavy atom. The zero-order chi connectivity index (χ0) is 16.8. The third-order valence-corrected chi connectivity index (χ3v) is 4.09. The predicted molar refractivity (Wildman–Crippen MR) is 96.0 cm³/mol. The third kappa shape index (κ3) is 4.02. The maximum Gasteiger partial charge on any atom is 0.230 e. The number of benzene rings is 2. The van der Waals surface area contributed by atoms with Crippen LogP contribution in [0.3, 0.4) is 0 Å². The van der Waals surface area contributed by atoms with Crippen molar-refractivity contribution in [3.8, 4) is 0 Å². The van der Waals surface area contributed by atoms with Crippen LogP contribution in [0, 0.1) is 0 Å². The van der Waals surface area contributed by atoms with Gasteiger partial charge in [-0.15, -0.1) is 0 Å². The molecule has 4 heteroatoms. The van der Waals surface area contributed by atoms with Crippen LogP contribution < -0.4 is 5.32 Å². The van der Waals surface area contributed by atoms with Crippen LogP contribution in [-0.4, -0.2) is 11.1 Å². The van der Waals surface area contributed by atoms with E-state index < -0.39 is 0 Å². The molecule has 124 valence electrons. The predicted octanol–water partition coefficient (Wildman–Crippen LogP) is 4.74. The van der Waals surface area contributed by atoms with Gasteiger partial charge in [0.2, 0.25) is 5.91 Å². The number of aromatic nitrogens is 1. The average molecular weight is 322 g/mol. The molecule has 0 fully saturated rings. The van der Waals surface area contributed by atoms with Crippen molar-refractivity contribution in [2.75, 3.05) is 5.32 Å². The van der Waals surface area contributed by atoms with E-state index in [9.17, 15) is 4.79 Å². The van der Waals surface area contributed by atoms with Crippen molar-refractivity contribution in [3.05, 3.63) is 59.8 Å². The average Bonchev–Trinajstić information content (AvgIpc) is 3.00. The lowest BCUT2D eigenvalue weighted by Gasteiger charge is -2.06. The van der Waals surface area contributed by atoms with E-state index in [0.29, 0.717) is 11.3 Å². The molecule has 1 N–H and O–H groups in total. The van der Waals surface area contributed by atoms with Crippen molar-refractivity contribution in [2.45, 2.75) is 39.0 Å². The lowest BCUT2D eigenvalue weighted by Crippen LogP contribution is -2.14. The molecule has 0 radical (unpaired) electrons. The second kappa shape index (κ2) is 7.77. The number of anilines is 1. The van der Waals surface area contributed by atoms with Gasteiger partial charge in [0.25, 0.3) is 0 Å². The molecule has 2 aromatic carbocycles. The molecule has 3 aromatic rings. The van der Waals surface area contributed by atoms with Gasteiger partial charge in [-0.05, 0) is 42.7 Å². The summed E-state index contributed by atoms with van der Waals surface area (Å²) < 4.78 is 5.23. The minimum Gasteiger partial charge on any atom is -0.356 e. The van der Waals surface area contributed by atoms with E-state index in [4.69, 9.17) is 4.52 Å². The number of aryl methyl sites for hydroxylation is 1. The summed E-state index contributed by atoms with van der Waals surface area (Å²) in [6, 6.07) is 15.6. The molecule has 0 saturated carbocycles. The van der Waals surface area contributed by atoms with E-state index in [0.717, 1.165) is 17.5 Å². The SMILES string of the molecule is CCCCCc1ccc(NC(=O)Cc2noc3ccccc23)cc1. The Hall–Kier alpha value is -2.62. The lowest BCUT2D eigenvalue weighted by atomic mass is 10.1. The van der Waals surface area contributed by atoms with Crippen LogP contribution in [0.25, 0.3) is 11.0 Å². The van der Waals surface area contributed by atoms with E-state index in [1.165, 1.54) is 24.8 Å². The van der Waals surface area contributed by atoms with Gasteiger partial charge in [-0.2, -0.15) is 0 Å². The zero-order valence-electron chi connectivity index (χ0n) is 13.9. The van der Waals surface area contributed by atoms with Crippen LogP contribution in [0.1, 0.15) is 37.4 Å². The zero-order valence-corrected chi connectivity index (χ0v) is 13.9. The number of unbranched alkanes of at least 4 members (excludes halogenated alkanes) is 2. The molecule has 0 saturated heterocycles. The maximum absolute atomic E-state index is 12.2. The van der Waals surface area contributed by atoms with E-state index >= 15 is 0 Å². The van der Waals surface area contributed by atoms with E-state index in [-0.39, 0.29) is 12.3 Å². The Labute approximate surface area is 141 Å². The van der Waals surface area contributed by atoms with Crippen LogP contribution in [0.2, 0.25) is 0 Å². The molecule has 0 aliphatic heterocycles. The Balaban J connectivity index is 1.58. The molecule has 0 aliphatic rings. The monoisotopic (exact) mass is 322 g/mol. The molecular weight excluding hydrogens is 300 g/mol. The summed E-state index contributed by atoms with van der Waals surface area (Å²) in [6.07, 6.45) is 4.98. The number of hydrogen-bond acceptors (Lipinski definition) is 3. The summed E-state index contributed by atoms with van der Waals surface area (Å²) in [5, 5.41) is 7.80. The van der Waals surface area contributed by atoms with Gasteiger partial charge in [-0.25, -0.2) is 0 Å². The molecule has 3 rings (SSSR count). The third-order valence-electron chi connectivity index (χ3n) is 4.09. The maximum atomic E-state index is 12.2. The highest BCUT2D eigenvalue weighted by molar-refractivity contribution is 5.94. The molecule has 24 heavy (non-hydrogen) atoms. The van der Waals surface area contributed by atoms with Gasteiger partial charge >= 0.3 is 0 Å². The minimum atomic E-state index is -0.0900. The molecule has 0 aliphatic carbocycles. The summed E-state index contributed by atoms with van der Waals surface area (Å²) in [4.78, 5) is 12.2. The Morgan fingerprint density at radius 3 is 2.67 bits per heavy atom. The van der Waals surface area contributed by atoms with Crippen LogP contribution >= 0.6 is 0 Å². The number of para-hydroxylation sites is 1. The first-order chi connectivity index (χ1) is 11.8. The number of fused-ring (bicyclic) bond motifs is 1. The molecule has 0 bridgehead atoms. The van der Waals surface area contributed by atoms with Gasteiger partial charge in [-0.3, -0.25) is 4.79 Å². The molecular formula is C20H22N2O2. The quantitative estimate of drug-likeness (QED) is 0.639. The van der Waals surface area contributed by atoms with Crippen LogP contribution in [0.15, 0.2) is 53.1 Å². The van der Waals surface area contributed by atoms with Crippen molar-refractivity contribution in [3.63, 3.8) is 0 Å². The summed E-state index contributed by atoms with van der Waals surface area (Å²) >= 11 is 0. The Bertz CT molecular complexity index is 806. The lowest BCUT2D eigenvalue weighted by molar-refractivity contribution is -0.115. The van der Waals surface area contributed by atoms with Crippen molar-refractivity contribution in [1.82, 2.24) is 5.16 Å². The van der Waals surface area contributed by atoms with Crippen molar-refractivity contribution in [1.29, 1.82) is 0 Å². The van der Waals surface area contributed by atoms with Crippen LogP contribution in [0.5, 0.6) is 0 Å². The van der Waals surface area contributed by atoms with Crippen LogP contribution in [-0.2, 0) is 17.6 Å². The molecule has 0 spiro atoms. The minimum absolute atomic E-state index is 0.0900. The largest absolute Gasteiger partial charge is 0.356 e. The highest BCUT2D eigenvalue weighted by Crippen LogP contribution is 2.19. The fourth-order valence-electron chi connectivity index (χ4n) is 2.76. The number of nitrogens with zero attached hydrogens (tertiary/aromatic N) is 1. The van der Waals surface area contributed by atoms with Crippen molar-refractivity contribution >= 4 is 22.6 Å². The van der Waals surface area contributed by atoms with Crippen LogP contribution in [0.4, 0.5) is 5.69 Å². The normalized spacial score (nSPS) is 10.9. The number of carbonyl (C=O) groups excluding carboxylic acids is 1. The fourth-order valence-corrected chi connectivity index (χ4v) is 2.76. The number of rotatable bonds is 7. The number of hydrogen-bond donors (Lipinski definition) is 1. The topological polar surface area (TPSA) is 55.1 Å². The summed E-state index contributed by atoms with van der Waals surface area (Å²) in [5.41, 5.74) is 3.49. The van der Waals surface area contributed by atoms with Gasteiger partial charge < -0.3 is 9.84 Å². The highest BCUT2D eigenvalue weighted by Gasteiger charge is 2.12. The smallest absolute Gasteiger partial charge is 0.230 e. The Morgan fingerprint density at radius 2 is 1.88 bits per heavy atom. The fraction of sp³-hybridized carbons (Fsp3) is 0.300. The summed E-state index contributed by atoms with van der Waals surface area (Å²) in [6.45, 7) is 2.21. The van der Waals surface area contributed by atoms with Crippen molar-refractivity contribution in [2.24, 2.45) is 0 Å². The molecule has 1 heterocycles. The second-order valence-electron chi connectivity index (χ2n) is 6.00. The number of nitrogens with one attached hydrogen (secondary N) is 1. The molecule has 0 atom stereocenters. The van der Waals surface area contributed by atoms with E-state index in [1.807, 2.05) is 36.4 Å².